The van der Waals surface area contributed by atoms with Gasteiger partial charge in [0, 0.05) is 45.3 Å². The lowest BCUT2D eigenvalue weighted by Gasteiger charge is -2.32. The fraction of sp³-hybridized carbons (Fsp3) is 0.444. The summed E-state index contributed by atoms with van der Waals surface area (Å²) in [6, 6.07) is 8.45. The predicted molar refractivity (Wildman–Crippen MR) is 87.9 cm³/mol. The Bertz CT molecular complexity index is 723. The molecule has 1 fully saturated rings. The fourth-order valence-electron chi connectivity index (χ4n) is 3.84. The summed E-state index contributed by atoms with van der Waals surface area (Å²) in [6.07, 6.45) is 4.88. The third-order valence-corrected chi connectivity index (χ3v) is 5.13. The van der Waals surface area contributed by atoms with E-state index in [1.54, 1.807) is 0 Å². The first kappa shape index (κ1) is 14.5. The molecule has 0 spiro atoms. The van der Waals surface area contributed by atoms with Crippen molar-refractivity contribution in [3.63, 3.8) is 0 Å². The van der Waals surface area contributed by atoms with Gasteiger partial charge in [-0.1, -0.05) is 24.3 Å². The van der Waals surface area contributed by atoms with Gasteiger partial charge in [-0.15, -0.1) is 0 Å². The van der Waals surface area contributed by atoms with Crippen LogP contribution in [0, 0.1) is 5.92 Å². The van der Waals surface area contributed by atoms with E-state index in [2.05, 4.69) is 34.7 Å². The molecule has 0 unspecified atom stereocenters. The van der Waals surface area contributed by atoms with Gasteiger partial charge in [0.1, 0.15) is 0 Å². The number of fused-ring (bicyclic) bond motifs is 1. The molecular weight excluding hydrogens is 288 g/mol. The van der Waals surface area contributed by atoms with E-state index in [4.69, 9.17) is 0 Å². The molecule has 2 aliphatic rings. The highest BCUT2D eigenvalue weighted by atomic mass is 16.2. The van der Waals surface area contributed by atoms with Crippen LogP contribution in [0.2, 0.25) is 0 Å². The first-order valence-electron chi connectivity index (χ1n) is 8.27. The van der Waals surface area contributed by atoms with Gasteiger partial charge in [-0.3, -0.25) is 9.48 Å². The summed E-state index contributed by atoms with van der Waals surface area (Å²) in [4.78, 5) is 15.1. The summed E-state index contributed by atoms with van der Waals surface area (Å²) in [7, 11) is 1.92. The predicted octanol–water partition coefficient (Wildman–Crippen LogP) is 1.31. The van der Waals surface area contributed by atoms with Crippen molar-refractivity contribution in [2.45, 2.75) is 18.9 Å². The van der Waals surface area contributed by atoms with Crippen molar-refractivity contribution in [3.8, 4) is 0 Å². The fourth-order valence-corrected chi connectivity index (χ4v) is 3.84. The number of nitrogens with one attached hydrogen (secondary N) is 1. The smallest absolute Gasteiger partial charge is 0.227 e. The minimum atomic E-state index is 0.0180. The summed E-state index contributed by atoms with van der Waals surface area (Å²) >= 11 is 0. The van der Waals surface area contributed by atoms with E-state index in [1.165, 1.54) is 11.1 Å². The van der Waals surface area contributed by atoms with Gasteiger partial charge in [-0.25, -0.2) is 0 Å². The second-order valence-electron chi connectivity index (χ2n) is 6.60. The van der Waals surface area contributed by atoms with E-state index >= 15 is 0 Å². The molecule has 2 aliphatic heterocycles. The van der Waals surface area contributed by atoms with Crippen molar-refractivity contribution >= 4 is 5.91 Å². The Kier molecular flexibility index (Phi) is 3.65. The number of hydrogen-bond acceptors (Lipinski definition) is 3. The highest BCUT2D eigenvalue weighted by Crippen LogP contribution is 2.30. The molecule has 0 radical (unpaired) electrons. The average molecular weight is 310 g/mol. The number of aryl methyl sites for hydroxylation is 1. The van der Waals surface area contributed by atoms with Crippen LogP contribution in [0.1, 0.15) is 22.6 Å². The Balaban J connectivity index is 1.52. The zero-order valence-electron chi connectivity index (χ0n) is 13.4. The Morgan fingerprint density at radius 2 is 2.09 bits per heavy atom. The third-order valence-electron chi connectivity index (χ3n) is 5.13. The Labute approximate surface area is 136 Å². The Morgan fingerprint density at radius 1 is 1.26 bits per heavy atom. The molecule has 2 atom stereocenters. The first-order valence-corrected chi connectivity index (χ1v) is 8.27. The van der Waals surface area contributed by atoms with Crippen LogP contribution in [0.15, 0.2) is 36.7 Å². The summed E-state index contributed by atoms with van der Waals surface area (Å²) in [5, 5.41) is 7.65. The maximum absolute atomic E-state index is 13.1. The molecule has 4 rings (SSSR count). The van der Waals surface area contributed by atoms with Crippen LogP contribution in [0.4, 0.5) is 0 Å². The summed E-state index contributed by atoms with van der Waals surface area (Å²) < 4.78 is 1.81. The standard InChI is InChI=1S/C18H22N4O/c1-21-11-15(8-20-21)16-9-19-10-17(16)18(23)22-7-6-13-4-2-3-5-14(13)12-22/h2-5,8,11,16-17,19H,6-7,9-10,12H2,1H3/t16-,17+/m1/s1. The monoisotopic (exact) mass is 310 g/mol. The molecule has 0 aliphatic carbocycles. The van der Waals surface area contributed by atoms with Crippen LogP contribution in [0.3, 0.4) is 0 Å². The van der Waals surface area contributed by atoms with E-state index < -0.39 is 0 Å². The van der Waals surface area contributed by atoms with Crippen molar-refractivity contribution in [3.05, 3.63) is 53.3 Å². The second-order valence-corrected chi connectivity index (χ2v) is 6.60. The molecule has 120 valence electrons. The van der Waals surface area contributed by atoms with Crippen LogP contribution in [0.5, 0.6) is 0 Å². The van der Waals surface area contributed by atoms with Gasteiger partial charge >= 0.3 is 0 Å². The quantitative estimate of drug-likeness (QED) is 0.910. The molecule has 23 heavy (non-hydrogen) atoms. The van der Waals surface area contributed by atoms with Crippen LogP contribution in [-0.2, 0) is 24.8 Å². The van der Waals surface area contributed by atoms with Gasteiger partial charge in [0.15, 0.2) is 0 Å². The maximum Gasteiger partial charge on any atom is 0.227 e. The first-order chi connectivity index (χ1) is 11.2. The number of nitrogens with zero attached hydrogens (tertiary/aromatic N) is 3. The van der Waals surface area contributed by atoms with Crippen molar-refractivity contribution < 1.29 is 4.79 Å². The van der Waals surface area contributed by atoms with Crippen LogP contribution < -0.4 is 5.32 Å². The molecule has 1 amide bonds. The maximum atomic E-state index is 13.1. The number of rotatable bonds is 2. The number of hydrogen-bond donors (Lipinski definition) is 1. The van der Waals surface area contributed by atoms with E-state index in [-0.39, 0.29) is 17.7 Å². The number of amides is 1. The molecule has 0 saturated carbocycles. The van der Waals surface area contributed by atoms with Crippen molar-refractivity contribution in [2.75, 3.05) is 19.6 Å². The zero-order chi connectivity index (χ0) is 15.8. The summed E-state index contributed by atoms with van der Waals surface area (Å²) in [6.45, 7) is 3.18. The summed E-state index contributed by atoms with van der Waals surface area (Å²) in [5.74, 6) is 0.524. The number of carbonyl (C=O) groups is 1. The lowest BCUT2D eigenvalue weighted by molar-refractivity contribution is -0.136. The van der Waals surface area contributed by atoms with E-state index in [9.17, 15) is 4.79 Å². The SMILES string of the molecule is Cn1cc([C@H]2CNC[C@@H]2C(=O)N2CCc3ccccc3C2)cn1. The van der Waals surface area contributed by atoms with Crippen LogP contribution in [-0.4, -0.2) is 40.2 Å². The Hall–Kier alpha value is -2.14. The zero-order valence-corrected chi connectivity index (χ0v) is 13.4. The van der Waals surface area contributed by atoms with Gasteiger partial charge in [0.25, 0.3) is 0 Å². The van der Waals surface area contributed by atoms with E-state index in [0.29, 0.717) is 0 Å². The molecule has 2 aromatic rings. The van der Waals surface area contributed by atoms with Gasteiger partial charge in [-0.05, 0) is 23.1 Å². The topological polar surface area (TPSA) is 50.2 Å². The molecule has 1 aromatic heterocycles. The largest absolute Gasteiger partial charge is 0.338 e. The van der Waals surface area contributed by atoms with Crippen molar-refractivity contribution in [1.29, 1.82) is 0 Å². The van der Waals surface area contributed by atoms with Gasteiger partial charge in [-0.2, -0.15) is 5.10 Å². The summed E-state index contributed by atoms with van der Waals surface area (Å²) in [5.41, 5.74) is 3.83. The molecule has 1 aromatic carbocycles. The average Bonchev–Trinajstić information content (AvgIpc) is 3.22. The van der Waals surface area contributed by atoms with Crippen LogP contribution >= 0.6 is 0 Å². The van der Waals surface area contributed by atoms with Crippen LogP contribution in [0.25, 0.3) is 0 Å². The minimum Gasteiger partial charge on any atom is -0.338 e. The molecular formula is C18H22N4O. The lowest BCUT2D eigenvalue weighted by Crippen LogP contribution is -2.41. The van der Waals surface area contributed by atoms with Gasteiger partial charge < -0.3 is 10.2 Å². The normalized spacial score (nSPS) is 23.8. The second kappa shape index (κ2) is 5.81. The number of aromatic nitrogens is 2. The number of carbonyl (C=O) groups excluding carboxylic acids is 1. The van der Waals surface area contributed by atoms with E-state index in [0.717, 1.165) is 38.2 Å². The molecule has 3 heterocycles. The van der Waals surface area contributed by atoms with Crippen molar-refractivity contribution in [2.24, 2.45) is 13.0 Å². The highest BCUT2D eigenvalue weighted by Gasteiger charge is 2.37. The Morgan fingerprint density at radius 3 is 2.87 bits per heavy atom. The molecule has 5 nitrogen and oxygen atoms in total. The third kappa shape index (κ3) is 2.65. The number of benzene rings is 1. The highest BCUT2D eigenvalue weighted by molar-refractivity contribution is 5.81. The van der Waals surface area contributed by atoms with Gasteiger partial charge in [0.05, 0.1) is 12.1 Å². The molecule has 5 heteroatoms. The van der Waals surface area contributed by atoms with E-state index in [1.807, 2.05) is 29.0 Å². The molecule has 1 saturated heterocycles. The van der Waals surface area contributed by atoms with Gasteiger partial charge in [0.2, 0.25) is 5.91 Å². The van der Waals surface area contributed by atoms with Crippen molar-refractivity contribution in [1.82, 2.24) is 20.0 Å². The molecule has 0 bridgehead atoms. The minimum absolute atomic E-state index is 0.0180. The lowest BCUT2D eigenvalue weighted by atomic mass is 9.89. The molecule has 1 N–H and O–H groups in total.